The molecule has 0 amide bonds. The van der Waals surface area contributed by atoms with Crippen LogP contribution in [0.3, 0.4) is 0 Å². The average molecular weight is 266 g/mol. The highest BCUT2D eigenvalue weighted by molar-refractivity contribution is 7.98. The summed E-state index contributed by atoms with van der Waals surface area (Å²) < 4.78 is 0. The van der Waals surface area contributed by atoms with Crippen molar-refractivity contribution in [2.75, 3.05) is 5.75 Å². The minimum atomic E-state index is 1.10. The summed E-state index contributed by atoms with van der Waals surface area (Å²) >= 11 is 2.00. The molecule has 19 heavy (non-hydrogen) atoms. The van der Waals surface area contributed by atoms with Crippen LogP contribution in [0.25, 0.3) is 21.5 Å². The Morgan fingerprint density at radius 1 is 0.789 bits per heavy atom. The van der Waals surface area contributed by atoms with E-state index in [0.29, 0.717) is 0 Å². The van der Waals surface area contributed by atoms with Crippen LogP contribution in [0.2, 0.25) is 0 Å². The Morgan fingerprint density at radius 2 is 1.26 bits per heavy atom. The second kappa shape index (κ2) is 5.26. The van der Waals surface area contributed by atoms with Crippen LogP contribution in [-0.2, 0) is 5.75 Å². The molecule has 0 aromatic heterocycles. The highest BCUT2D eigenvalue weighted by Crippen LogP contribution is 2.34. The van der Waals surface area contributed by atoms with Gasteiger partial charge in [0.25, 0.3) is 0 Å². The number of hydrogen-bond acceptors (Lipinski definition) is 1. The topological polar surface area (TPSA) is 0 Å². The lowest BCUT2D eigenvalue weighted by Crippen LogP contribution is -1.91. The first-order valence-corrected chi connectivity index (χ1v) is 7.95. The molecule has 0 spiro atoms. The zero-order chi connectivity index (χ0) is 13.2. The number of hydrogen-bond donors (Lipinski definition) is 0. The number of benzene rings is 3. The van der Waals surface area contributed by atoms with Crippen molar-refractivity contribution < 1.29 is 0 Å². The Kier molecular flexibility index (Phi) is 3.48. The maximum atomic E-state index is 2.26. The van der Waals surface area contributed by atoms with Gasteiger partial charge < -0.3 is 0 Å². The van der Waals surface area contributed by atoms with Crippen molar-refractivity contribution in [3.8, 4) is 0 Å². The third kappa shape index (κ3) is 2.12. The van der Waals surface area contributed by atoms with Gasteiger partial charge in [-0.05, 0) is 45.3 Å². The van der Waals surface area contributed by atoms with Crippen molar-refractivity contribution in [2.24, 2.45) is 0 Å². The van der Waals surface area contributed by atoms with Crippen LogP contribution in [-0.4, -0.2) is 5.75 Å². The molecule has 0 saturated heterocycles. The van der Waals surface area contributed by atoms with Gasteiger partial charge in [0.2, 0.25) is 0 Å². The van der Waals surface area contributed by atoms with Gasteiger partial charge in [-0.15, -0.1) is 0 Å². The summed E-state index contributed by atoms with van der Waals surface area (Å²) in [6.07, 6.45) is 0. The third-order valence-corrected chi connectivity index (χ3v) is 4.66. The maximum absolute atomic E-state index is 2.26. The van der Waals surface area contributed by atoms with E-state index in [4.69, 9.17) is 0 Å². The van der Waals surface area contributed by atoms with Gasteiger partial charge in [0.05, 0.1) is 0 Å². The van der Waals surface area contributed by atoms with Crippen LogP contribution in [0, 0.1) is 6.92 Å². The van der Waals surface area contributed by atoms with E-state index >= 15 is 0 Å². The van der Waals surface area contributed by atoms with E-state index in [1.807, 2.05) is 11.8 Å². The SMILES string of the molecule is CCSCc1c2ccccc2c(C)c2ccccc12. The molecular formula is C18H18S. The van der Waals surface area contributed by atoms with Crippen LogP contribution in [0.4, 0.5) is 0 Å². The Bertz CT molecular complexity index is 671. The number of thioether (sulfide) groups is 1. The molecule has 0 unspecified atom stereocenters. The standard InChI is InChI=1S/C18H18S/c1-3-19-12-18-16-10-6-4-8-14(16)13(2)15-9-5-7-11-17(15)18/h4-11H,3,12H2,1-2H3. The lowest BCUT2D eigenvalue weighted by atomic mass is 9.93. The molecule has 0 N–H and O–H groups in total. The summed E-state index contributed by atoms with van der Waals surface area (Å²) in [7, 11) is 0. The Hall–Kier alpha value is -1.47. The smallest absolute Gasteiger partial charge is 0.0196 e. The van der Waals surface area contributed by atoms with Gasteiger partial charge in [0.15, 0.2) is 0 Å². The molecule has 0 atom stereocenters. The molecule has 3 rings (SSSR count). The van der Waals surface area contributed by atoms with Gasteiger partial charge in [-0.25, -0.2) is 0 Å². The Morgan fingerprint density at radius 3 is 1.74 bits per heavy atom. The lowest BCUT2D eigenvalue weighted by Gasteiger charge is -2.14. The molecule has 0 heterocycles. The quantitative estimate of drug-likeness (QED) is 0.560. The average Bonchev–Trinajstić information content (AvgIpc) is 2.47. The minimum Gasteiger partial charge on any atom is -0.157 e. The van der Waals surface area contributed by atoms with Crippen LogP contribution in [0.15, 0.2) is 48.5 Å². The Balaban J connectivity index is 2.42. The van der Waals surface area contributed by atoms with Crippen LogP contribution in [0.1, 0.15) is 18.1 Å². The molecule has 0 radical (unpaired) electrons. The van der Waals surface area contributed by atoms with E-state index in [0.717, 1.165) is 11.5 Å². The predicted octanol–water partition coefficient (Wildman–Crippen LogP) is 5.55. The van der Waals surface area contributed by atoms with E-state index in [1.54, 1.807) is 0 Å². The molecule has 3 aromatic rings. The third-order valence-electron chi connectivity index (χ3n) is 3.76. The van der Waals surface area contributed by atoms with Crippen molar-refractivity contribution in [3.05, 3.63) is 59.7 Å². The first kappa shape index (κ1) is 12.6. The van der Waals surface area contributed by atoms with Crippen molar-refractivity contribution in [1.82, 2.24) is 0 Å². The number of aryl methyl sites for hydroxylation is 1. The van der Waals surface area contributed by atoms with Gasteiger partial charge in [-0.2, -0.15) is 11.8 Å². The molecule has 0 bridgehead atoms. The van der Waals surface area contributed by atoms with Gasteiger partial charge in [-0.3, -0.25) is 0 Å². The maximum Gasteiger partial charge on any atom is 0.0196 e. The fourth-order valence-electron chi connectivity index (χ4n) is 2.80. The predicted molar refractivity (Wildman–Crippen MR) is 88.0 cm³/mol. The number of fused-ring (bicyclic) bond motifs is 2. The van der Waals surface area contributed by atoms with Crippen molar-refractivity contribution in [3.63, 3.8) is 0 Å². The molecule has 1 heteroatoms. The summed E-state index contributed by atoms with van der Waals surface area (Å²) in [5.74, 6) is 2.26. The first-order chi connectivity index (χ1) is 9.33. The molecule has 3 aromatic carbocycles. The van der Waals surface area contributed by atoms with Crippen molar-refractivity contribution >= 4 is 33.3 Å². The molecule has 0 aliphatic heterocycles. The zero-order valence-corrected chi connectivity index (χ0v) is 12.3. The van der Waals surface area contributed by atoms with Crippen molar-refractivity contribution in [1.29, 1.82) is 0 Å². The number of rotatable bonds is 3. The molecule has 0 fully saturated rings. The molecule has 0 saturated carbocycles. The summed E-state index contributed by atoms with van der Waals surface area (Å²) in [5, 5.41) is 5.63. The van der Waals surface area contributed by atoms with E-state index in [2.05, 4.69) is 62.4 Å². The van der Waals surface area contributed by atoms with E-state index < -0.39 is 0 Å². The van der Waals surface area contributed by atoms with Crippen LogP contribution in [0.5, 0.6) is 0 Å². The largest absolute Gasteiger partial charge is 0.157 e. The lowest BCUT2D eigenvalue weighted by molar-refractivity contribution is 1.44. The monoisotopic (exact) mass is 266 g/mol. The van der Waals surface area contributed by atoms with Crippen LogP contribution < -0.4 is 0 Å². The van der Waals surface area contributed by atoms with E-state index in [-0.39, 0.29) is 0 Å². The Labute approximate surface area is 118 Å². The fraction of sp³-hybridized carbons (Fsp3) is 0.222. The summed E-state index contributed by atoms with van der Waals surface area (Å²) in [5.41, 5.74) is 2.89. The summed E-state index contributed by atoms with van der Waals surface area (Å²) in [4.78, 5) is 0. The molecule has 0 aliphatic rings. The molecular weight excluding hydrogens is 248 g/mol. The summed E-state index contributed by atoms with van der Waals surface area (Å²) in [6.45, 7) is 4.46. The van der Waals surface area contributed by atoms with E-state index in [1.165, 1.54) is 32.7 Å². The molecule has 0 nitrogen and oxygen atoms in total. The fourth-order valence-corrected chi connectivity index (χ4v) is 3.52. The minimum absolute atomic E-state index is 1.10. The highest BCUT2D eigenvalue weighted by Gasteiger charge is 2.10. The summed E-state index contributed by atoms with van der Waals surface area (Å²) in [6, 6.07) is 17.6. The highest BCUT2D eigenvalue weighted by atomic mass is 32.2. The first-order valence-electron chi connectivity index (χ1n) is 6.79. The molecule has 96 valence electrons. The van der Waals surface area contributed by atoms with Gasteiger partial charge in [0.1, 0.15) is 0 Å². The van der Waals surface area contributed by atoms with Crippen LogP contribution >= 0.6 is 11.8 Å². The van der Waals surface area contributed by atoms with Gasteiger partial charge in [0, 0.05) is 5.75 Å². The van der Waals surface area contributed by atoms with E-state index in [9.17, 15) is 0 Å². The zero-order valence-electron chi connectivity index (χ0n) is 11.4. The molecule has 0 aliphatic carbocycles. The second-order valence-corrected chi connectivity index (χ2v) is 6.11. The normalized spacial score (nSPS) is 11.3. The van der Waals surface area contributed by atoms with Crippen molar-refractivity contribution in [2.45, 2.75) is 19.6 Å². The van der Waals surface area contributed by atoms with Gasteiger partial charge >= 0.3 is 0 Å². The second-order valence-electron chi connectivity index (χ2n) is 4.83. The van der Waals surface area contributed by atoms with Gasteiger partial charge in [-0.1, -0.05) is 55.5 Å².